The average molecular weight is 286 g/mol. The molecule has 2 heterocycles. The Morgan fingerprint density at radius 3 is 2.90 bits per heavy atom. The van der Waals surface area contributed by atoms with Gasteiger partial charge >= 0.3 is 0 Å². The summed E-state index contributed by atoms with van der Waals surface area (Å²) in [6, 6.07) is 7.61. The van der Waals surface area contributed by atoms with E-state index < -0.39 is 0 Å². The maximum atomic E-state index is 11.7. The molecule has 2 aromatic rings. The molecule has 0 unspecified atom stereocenters. The number of aromatic nitrogens is 1. The van der Waals surface area contributed by atoms with Crippen LogP contribution in [0.3, 0.4) is 0 Å². The molecule has 0 atom stereocenters. The second kappa shape index (κ2) is 5.60. The lowest BCUT2D eigenvalue weighted by atomic mass is 10.2. The Morgan fingerprint density at radius 2 is 2.19 bits per heavy atom. The van der Waals surface area contributed by atoms with Crippen molar-refractivity contribution in [1.29, 1.82) is 0 Å². The molecule has 0 saturated carbocycles. The number of aryl methyl sites for hydroxylation is 1. The first-order valence-corrected chi connectivity index (χ1v) is 7.06. The molecular weight excluding hydrogens is 268 g/mol. The zero-order valence-corrected chi connectivity index (χ0v) is 12.3. The van der Waals surface area contributed by atoms with E-state index in [9.17, 15) is 4.79 Å². The topological polar surface area (TPSA) is 55.6 Å². The summed E-state index contributed by atoms with van der Waals surface area (Å²) in [5.74, 6) is 2.20. The third-order valence-electron chi connectivity index (χ3n) is 3.74. The van der Waals surface area contributed by atoms with Gasteiger partial charge in [-0.1, -0.05) is 12.1 Å². The summed E-state index contributed by atoms with van der Waals surface area (Å²) in [4.78, 5) is 18.1. The molecule has 110 valence electrons. The van der Waals surface area contributed by atoms with E-state index in [1.807, 2.05) is 36.1 Å². The summed E-state index contributed by atoms with van der Waals surface area (Å²) in [5.41, 5.74) is 1.63. The minimum absolute atomic E-state index is 0.191. The zero-order chi connectivity index (χ0) is 14.8. The van der Waals surface area contributed by atoms with Gasteiger partial charge in [0.2, 0.25) is 11.8 Å². The van der Waals surface area contributed by atoms with Crippen LogP contribution >= 0.6 is 0 Å². The van der Waals surface area contributed by atoms with E-state index in [4.69, 9.17) is 9.15 Å². The molecule has 5 heteroatoms. The van der Waals surface area contributed by atoms with Gasteiger partial charge in [-0.3, -0.25) is 4.79 Å². The summed E-state index contributed by atoms with van der Waals surface area (Å²) in [6.07, 6.45) is 1.56. The molecule has 1 aromatic carbocycles. The number of para-hydroxylation sites is 1. The second-order valence-corrected chi connectivity index (χ2v) is 5.14. The van der Waals surface area contributed by atoms with Crippen LogP contribution in [0.2, 0.25) is 0 Å². The van der Waals surface area contributed by atoms with Gasteiger partial charge in [0.25, 0.3) is 0 Å². The Morgan fingerprint density at radius 1 is 1.38 bits per heavy atom. The molecule has 21 heavy (non-hydrogen) atoms. The predicted molar refractivity (Wildman–Crippen MR) is 77.9 cm³/mol. The fraction of sp³-hybridized carbons (Fsp3) is 0.375. The first-order valence-electron chi connectivity index (χ1n) is 7.06. The van der Waals surface area contributed by atoms with E-state index in [2.05, 4.69) is 4.98 Å². The van der Waals surface area contributed by atoms with Crippen molar-refractivity contribution in [2.24, 2.45) is 0 Å². The van der Waals surface area contributed by atoms with E-state index in [0.29, 0.717) is 18.9 Å². The van der Waals surface area contributed by atoms with Gasteiger partial charge in [-0.15, -0.1) is 0 Å². The number of carbonyl (C=O) groups is 1. The predicted octanol–water partition coefficient (Wildman–Crippen LogP) is 2.78. The van der Waals surface area contributed by atoms with E-state index in [1.54, 1.807) is 7.11 Å². The molecule has 1 fully saturated rings. The number of amides is 1. The Hall–Kier alpha value is -2.30. The molecule has 5 nitrogen and oxygen atoms in total. The zero-order valence-electron chi connectivity index (χ0n) is 12.3. The molecule has 0 N–H and O–H groups in total. The van der Waals surface area contributed by atoms with E-state index in [1.165, 1.54) is 0 Å². The van der Waals surface area contributed by atoms with Crippen LogP contribution < -0.4 is 4.74 Å². The van der Waals surface area contributed by atoms with Gasteiger partial charge < -0.3 is 14.1 Å². The quantitative estimate of drug-likeness (QED) is 0.867. The van der Waals surface area contributed by atoms with Crippen molar-refractivity contribution in [2.75, 3.05) is 13.7 Å². The lowest BCUT2D eigenvalue weighted by Gasteiger charge is -2.13. The SMILES string of the molecule is COc1ccccc1-c1nc(CN2CCCC2=O)c(C)o1. The molecule has 1 amide bonds. The first kappa shape index (κ1) is 13.7. The van der Waals surface area contributed by atoms with Crippen LogP contribution in [0.5, 0.6) is 5.75 Å². The van der Waals surface area contributed by atoms with Crippen molar-refractivity contribution in [2.45, 2.75) is 26.3 Å². The van der Waals surface area contributed by atoms with Crippen molar-refractivity contribution < 1.29 is 13.9 Å². The number of ether oxygens (including phenoxy) is 1. The minimum atomic E-state index is 0.191. The third-order valence-corrected chi connectivity index (χ3v) is 3.74. The van der Waals surface area contributed by atoms with E-state index >= 15 is 0 Å². The van der Waals surface area contributed by atoms with Gasteiger partial charge in [-0.2, -0.15) is 0 Å². The van der Waals surface area contributed by atoms with Crippen molar-refractivity contribution in [3.05, 3.63) is 35.7 Å². The van der Waals surface area contributed by atoms with E-state index in [-0.39, 0.29) is 5.91 Å². The number of nitrogens with zero attached hydrogens (tertiary/aromatic N) is 2. The van der Waals surface area contributed by atoms with Crippen LogP contribution in [0.15, 0.2) is 28.7 Å². The van der Waals surface area contributed by atoms with Crippen molar-refractivity contribution in [3.8, 4) is 17.2 Å². The minimum Gasteiger partial charge on any atom is -0.496 e. The van der Waals surface area contributed by atoms with Gasteiger partial charge in [0, 0.05) is 13.0 Å². The number of benzene rings is 1. The summed E-state index contributed by atoms with van der Waals surface area (Å²) in [5, 5.41) is 0. The van der Waals surface area contributed by atoms with Crippen molar-refractivity contribution >= 4 is 5.91 Å². The smallest absolute Gasteiger partial charge is 0.230 e. The number of oxazole rings is 1. The molecule has 0 aliphatic carbocycles. The molecule has 3 rings (SSSR count). The number of hydrogen-bond acceptors (Lipinski definition) is 4. The lowest BCUT2D eigenvalue weighted by molar-refractivity contribution is -0.128. The second-order valence-electron chi connectivity index (χ2n) is 5.14. The number of methoxy groups -OCH3 is 1. The number of likely N-dealkylation sites (tertiary alicyclic amines) is 1. The number of rotatable bonds is 4. The van der Waals surface area contributed by atoms with Gasteiger partial charge in [-0.25, -0.2) is 4.98 Å². The fourth-order valence-electron chi connectivity index (χ4n) is 2.56. The Balaban J connectivity index is 1.89. The van der Waals surface area contributed by atoms with Crippen LogP contribution in [-0.4, -0.2) is 29.4 Å². The molecule has 0 bridgehead atoms. The largest absolute Gasteiger partial charge is 0.496 e. The third kappa shape index (κ3) is 2.63. The summed E-state index contributed by atoms with van der Waals surface area (Å²) in [6.45, 7) is 3.19. The van der Waals surface area contributed by atoms with Gasteiger partial charge in [0.05, 0.1) is 19.2 Å². The van der Waals surface area contributed by atoms with Crippen molar-refractivity contribution in [3.63, 3.8) is 0 Å². The average Bonchev–Trinajstić information content (AvgIpc) is 3.06. The van der Waals surface area contributed by atoms with Gasteiger partial charge in [0.1, 0.15) is 17.2 Å². The van der Waals surface area contributed by atoms with Crippen LogP contribution in [0.1, 0.15) is 24.3 Å². The van der Waals surface area contributed by atoms with Crippen molar-refractivity contribution in [1.82, 2.24) is 9.88 Å². The highest BCUT2D eigenvalue weighted by molar-refractivity contribution is 5.78. The lowest BCUT2D eigenvalue weighted by Crippen LogP contribution is -2.24. The Bertz CT molecular complexity index is 663. The highest BCUT2D eigenvalue weighted by atomic mass is 16.5. The summed E-state index contributed by atoms with van der Waals surface area (Å²) < 4.78 is 11.1. The first-order chi connectivity index (χ1) is 10.2. The Labute approximate surface area is 123 Å². The summed E-state index contributed by atoms with van der Waals surface area (Å²) >= 11 is 0. The van der Waals surface area contributed by atoms with Gasteiger partial charge in [0.15, 0.2) is 0 Å². The molecule has 0 spiro atoms. The highest BCUT2D eigenvalue weighted by Gasteiger charge is 2.23. The maximum Gasteiger partial charge on any atom is 0.230 e. The van der Waals surface area contributed by atoms with Crippen LogP contribution in [-0.2, 0) is 11.3 Å². The molecule has 0 radical (unpaired) electrons. The molecule has 1 aliphatic heterocycles. The molecule has 1 aliphatic rings. The fourth-order valence-corrected chi connectivity index (χ4v) is 2.56. The van der Waals surface area contributed by atoms with Crippen LogP contribution in [0.4, 0.5) is 0 Å². The molecule has 1 saturated heterocycles. The normalized spacial score (nSPS) is 14.8. The van der Waals surface area contributed by atoms with E-state index in [0.717, 1.165) is 35.7 Å². The molecule has 1 aromatic heterocycles. The summed E-state index contributed by atoms with van der Waals surface area (Å²) in [7, 11) is 1.62. The van der Waals surface area contributed by atoms with Gasteiger partial charge in [-0.05, 0) is 25.5 Å². The van der Waals surface area contributed by atoms with Crippen LogP contribution in [0.25, 0.3) is 11.5 Å². The standard InChI is InChI=1S/C16H18N2O3/c1-11-13(10-18-9-5-8-15(18)19)17-16(21-11)12-6-3-4-7-14(12)20-2/h3-4,6-7H,5,8-10H2,1-2H3. The highest BCUT2D eigenvalue weighted by Crippen LogP contribution is 2.30. The maximum absolute atomic E-state index is 11.7. The number of carbonyl (C=O) groups excluding carboxylic acids is 1. The number of hydrogen-bond donors (Lipinski definition) is 0. The molecular formula is C16H18N2O3. The Kier molecular flexibility index (Phi) is 3.64. The van der Waals surface area contributed by atoms with Crippen LogP contribution in [0, 0.1) is 6.92 Å². The monoisotopic (exact) mass is 286 g/mol.